The number of carbonyl (C=O) groups is 1. The van der Waals surface area contributed by atoms with Gasteiger partial charge in [-0.1, -0.05) is 28.8 Å². The van der Waals surface area contributed by atoms with Gasteiger partial charge in [0.15, 0.2) is 0 Å². The number of ether oxygens (including phenoxy) is 1. The minimum absolute atomic E-state index is 0.0574. The zero-order valence-corrected chi connectivity index (χ0v) is 11.9. The second-order valence-corrected chi connectivity index (χ2v) is 5.24. The topological polar surface area (TPSA) is 38.3 Å². The van der Waals surface area contributed by atoms with Gasteiger partial charge in [0.2, 0.25) is 5.91 Å². The van der Waals surface area contributed by atoms with Crippen molar-refractivity contribution < 1.29 is 18.3 Å². The van der Waals surface area contributed by atoms with Crippen molar-refractivity contribution in [2.24, 2.45) is 5.92 Å². The van der Waals surface area contributed by atoms with Crippen LogP contribution in [0.5, 0.6) is 0 Å². The average molecular weight is 328 g/mol. The molecule has 1 saturated carbocycles. The third-order valence-electron chi connectivity index (χ3n) is 3.17. The lowest BCUT2D eigenvalue weighted by Gasteiger charge is -2.31. The van der Waals surface area contributed by atoms with Crippen LogP contribution in [0.2, 0.25) is 0 Å². The molecule has 1 aliphatic carbocycles. The summed E-state index contributed by atoms with van der Waals surface area (Å²) in [5.41, 5.74) is 0. The molecule has 0 spiro atoms. The average Bonchev–Trinajstić information content (AvgIpc) is 2.35. The number of nitrogens with one attached hydrogen (secondary N) is 1. The predicted octanol–water partition coefficient (Wildman–Crippen LogP) is 2.73. The van der Waals surface area contributed by atoms with E-state index < -0.39 is 13.0 Å². The van der Waals surface area contributed by atoms with E-state index in [9.17, 15) is 13.6 Å². The predicted molar refractivity (Wildman–Crippen MR) is 69.1 cm³/mol. The molecule has 1 aliphatic rings. The van der Waals surface area contributed by atoms with Crippen LogP contribution in [0.4, 0.5) is 8.78 Å². The van der Waals surface area contributed by atoms with Crippen molar-refractivity contribution in [2.45, 2.75) is 44.6 Å². The summed E-state index contributed by atoms with van der Waals surface area (Å²) in [4.78, 5) is 11.6. The van der Waals surface area contributed by atoms with Gasteiger partial charge in [-0.25, -0.2) is 8.78 Å². The quantitative estimate of drug-likeness (QED) is 0.576. The first kappa shape index (κ1) is 15.8. The molecule has 1 fully saturated rings. The third-order valence-corrected chi connectivity index (χ3v) is 4.00. The number of rotatable bonds is 7. The molecular formula is C12H20BrF2NO2. The lowest BCUT2D eigenvalue weighted by Crippen LogP contribution is -2.43. The highest BCUT2D eigenvalue weighted by Crippen LogP contribution is 2.25. The Balaban J connectivity index is 2.18. The van der Waals surface area contributed by atoms with E-state index in [1.807, 2.05) is 0 Å². The number of alkyl halides is 3. The van der Waals surface area contributed by atoms with Gasteiger partial charge in [-0.3, -0.25) is 4.79 Å². The van der Waals surface area contributed by atoms with Gasteiger partial charge in [0.25, 0.3) is 6.43 Å². The molecule has 0 heterocycles. The van der Waals surface area contributed by atoms with Crippen LogP contribution in [0, 0.1) is 5.92 Å². The first-order chi connectivity index (χ1) is 8.63. The van der Waals surface area contributed by atoms with Crippen molar-refractivity contribution in [1.29, 1.82) is 0 Å². The maximum atomic E-state index is 11.8. The van der Waals surface area contributed by atoms with E-state index in [-0.39, 0.29) is 25.0 Å². The van der Waals surface area contributed by atoms with Crippen LogP contribution in [-0.4, -0.2) is 36.9 Å². The highest BCUT2D eigenvalue weighted by atomic mass is 79.9. The molecule has 1 N–H and O–H groups in total. The van der Waals surface area contributed by atoms with E-state index in [0.29, 0.717) is 5.92 Å². The van der Waals surface area contributed by atoms with E-state index in [1.54, 1.807) is 0 Å². The molecule has 0 aromatic heterocycles. The van der Waals surface area contributed by atoms with Crippen LogP contribution in [0.1, 0.15) is 32.1 Å². The van der Waals surface area contributed by atoms with Crippen molar-refractivity contribution in [3.05, 3.63) is 0 Å². The van der Waals surface area contributed by atoms with Gasteiger partial charge in [0.05, 0.1) is 6.61 Å². The third kappa shape index (κ3) is 6.09. The molecule has 18 heavy (non-hydrogen) atoms. The Morgan fingerprint density at radius 2 is 2.11 bits per heavy atom. The van der Waals surface area contributed by atoms with Crippen LogP contribution < -0.4 is 5.32 Å². The summed E-state index contributed by atoms with van der Waals surface area (Å²) in [5, 5.41) is 3.86. The van der Waals surface area contributed by atoms with Crippen LogP contribution in [-0.2, 0) is 9.53 Å². The minimum atomic E-state index is -2.47. The highest BCUT2D eigenvalue weighted by molar-refractivity contribution is 9.09. The van der Waals surface area contributed by atoms with Gasteiger partial charge in [0, 0.05) is 17.8 Å². The molecule has 6 heteroatoms. The van der Waals surface area contributed by atoms with Gasteiger partial charge in [-0.2, -0.15) is 0 Å². The van der Waals surface area contributed by atoms with Crippen molar-refractivity contribution >= 4 is 21.8 Å². The molecular weight excluding hydrogens is 308 g/mol. The fourth-order valence-electron chi connectivity index (χ4n) is 2.20. The normalized spacial score (nSPS) is 24.2. The minimum Gasteiger partial charge on any atom is -0.375 e. The maximum Gasteiger partial charge on any atom is 0.261 e. The van der Waals surface area contributed by atoms with Crippen molar-refractivity contribution in [3.8, 4) is 0 Å². The first-order valence-electron chi connectivity index (χ1n) is 6.34. The lowest BCUT2D eigenvalue weighted by atomic mass is 9.86. The molecule has 0 saturated heterocycles. The summed E-state index contributed by atoms with van der Waals surface area (Å²) in [7, 11) is 0. The van der Waals surface area contributed by atoms with E-state index in [4.69, 9.17) is 0 Å². The number of halogens is 3. The summed E-state index contributed by atoms with van der Waals surface area (Å²) in [6.45, 7) is -0.539. The summed E-state index contributed by atoms with van der Waals surface area (Å²) < 4.78 is 28.3. The highest BCUT2D eigenvalue weighted by Gasteiger charge is 2.25. The fourth-order valence-corrected chi connectivity index (χ4v) is 2.97. The van der Waals surface area contributed by atoms with Crippen LogP contribution >= 0.6 is 15.9 Å². The molecule has 0 aliphatic heterocycles. The van der Waals surface area contributed by atoms with Gasteiger partial charge in [-0.05, 0) is 18.8 Å². The Morgan fingerprint density at radius 1 is 1.39 bits per heavy atom. The van der Waals surface area contributed by atoms with Gasteiger partial charge < -0.3 is 10.1 Å². The second-order valence-electron chi connectivity index (χ2n) is 4.59. The number of hydrogen-bond acceptors (Lipinski definition) is 2. The summed E-state index contributed by atoms with van der Waals surface area (Å²) >= 11 is 3.46. The zero-order chi connectivity index (χ0) is 13.4. The first-order valence-corrected chi connectivity index (χ1v) is 7.47. The van der Waals surface area contributed by atoms with E-state index in [1.165, 1.54) is 6.42 Å². The second kappa shape index (κ2) is 8.80. The fraction of sp³-hybridized carbons (Fsp3) is 0.917. The Labute approximate surface area is 115 Å². The number of amides is 1. The molecule has 106 valence electrons. The van der Waals surface area contributed by atoms with E-state index in [2.05, 4.69) is 26.0 Å². The molecule has 3 nitrogen and oxygen atoms in total. The van der Waals surface area contributed by atoms with Gasteiger partial charge in [-0.15, -0.1) is 0 Å². The van der Waals surface area contributed by atoms with Crippen LogP contribution in [0.25, 0.3) is 0 Å². The molecule has 0 bridgehead atoms. The largest absolute Gasteiger partial charge is 0.375 e. The molecule has 1 amide bonds. The Kier molecular flexibility index (Phi) is 7.74. The van der Waals surface area contributed by atoms with E-state index in [0.717, 1.165) is 24.6 Å². The molecule has 0 aromatic rings. The van der Waals surface area contributed by atoms with Crippen molar-refractivity contribution in [2.75, 3.05) is 18.5 Å². The molecule has 0 radical (unpaired) electrons. The van der Waals surface area contributed by atoms with Crippen molar-refractivity contribution in [3.63, 3.8) is 0 Å². The summed E-state index contributed by atoms with van der Waals surface area (Å²) in [6, 6.07) is 0.209. The molecule has 0 aromatic carbocycles. The van der Waals surface area contributed by atoms with Crippen LogP contribution in [0.15, 0.2) is 0 Å². The number of hydrogen-bond donors (Lipinski definition) is 1. The monoisotopic (exact) mass is 327 g/mol. The van der Waals surface area contributed by atoms with Gasteiger partial charge in [0.1, 0.15) is 6.61 Å². The molecule has 2 atom stereocenters. The summed E-state index contributed by atoms with van der Waals surface area (Å²) in [6.07, 6.45) is 2.15. The van der Waals surface area contributed by atoms with Crippen molar-refractivity contribution in [1.82, 2.24) is 5.32 Å². The SMILES string of the molecule is O=C(CCOCC(F)F)NC1CCCCC1CBr. The lowest BCUT2D eigenvalue weighted by molar-refractivity contribution is -0.123. The molecule has 2 unspecified atom stereocenters. The Bertz CT molecular complexity index is 254. The number of carbonyl (C=O) groups excluding carboxylic acids is 1. The standard InChI is InChI=1S/C12H20BrF2NO2/c13-7-9-3-1-2-4-10(9)16-12(17)5-6-18-8-11(14)15/h9-11H,1-8H2,(H,16,17). The zero-order valence-electron chi connectivity index (χ0n) is 10.3. The van der Waals surface area contributed by atoms with Crippen LogP contribution in [0.3, 0.4) is 0 Å². The van der Waals surface area contributed by atoms with Gasteiger partial charge >= 0.3 is 0 Å². The maximum absolute atomic E-state index is 11.8. The summed E-state index contributed by atoms with van der Waals surface area (Å²) in [5.74, 6) is 0.367. The Morgan fingerprint density at radius 3 is 2.78 bits per heavy atom. The van der Waals surface area contributed by atoms with E-state index >= 15 is 0 Å². The smallest absolute Gasteiger partial charge is 0.261 e. The Hall–Kier alpha value is -0.230. The molecule has 1 rings (SSSR count).